The summed E-state index contributed by atoms with van der Waals surface area (Å²) in [5, 5.41) is 18.2. The molecule has 0 spiro atoms. The SMILES string of the molecule is COC(=O)C(C)CC(C#N)c1ccccc1C#N. The third-order valence-electron chi connectivity index (χ3n) is 2.81. The maximum Gasteiger partial charge on any atom is 0.308 e. The number of benzene rings is 1. The van der Waals surface area contributed by atoms with Crippen molar-refractivity contribution in [2.45, 2.75) is 19.3 Å². The molecule has 0 aliphatic heterocycles. The van der Waals surface area contributed by atoms with Crippen LogP contribution in [0.15, 0.2) is 24.3 Å². The van der Waals surface area contributed by atoms with Gasteiger partial charge >= 0.3 is 5.97 Å². The van der Waals surface area contributed by atoms with Crippen molar-refractivity contribution in [2.24, 2.45) is 5.92 Å². The molecule has 2 unspecified atom stereocenters. The van der Waals surface area contributed by atoms with Gasteiger partial charge in [-0.15, -0.1) is 0 Å². The minimum atomic E-state index is -0.477. The molecule has 1 rings (SSSR count). The van der Waals surface area contributed by atoms with Gasteiger partial charge in [0.05, 0.1) is 36.6 Å². The molecule has 0 aliphatic carbocycles. The number of ether oxygens (including phenoxy) is 1. The van der Waals surface area contributed by atoms with E-state index in [1.807, 2.05) is 0 Å². The third kappa shape index (κ3) is 3.09. The summed E-state index contributed by atoms with van der Waals surface area (Å²) in [5.41, 5.74) is 1.14. The maximum atomic E-state index is 11.4. The number of rotatable bonds is 4. The molecule has 1 aromatic rings. The van der Waals surface area contributed by atoms with Gasteiger partial charge in [-0.05, 0) is 18.1 Å². The minimum Gasteiger partial charge on any atom is -0.469 e. The quantitative estimate of drug-likeness (QED) is 0.759. The summed E-state index contributed by atoms with van der Waals surface area (Å²) in [6.07, 6.45) is 0.349. The van der Waals surface area contributed by atoms with Crippen LogP contribution in [0.25, 0.3) is 0 Å². The smallest absolute Gasteiger partial charge is 0.308 e. The highest BCUT2D eigenvalue weighted by molar-refractivity contribution is 5.72. The number of hydrogen-bond acceptors (Lipinski definition) is 4. The first-order valence-electron chi connectivity index (χ1n) is 5.60. The zero-order valence-electron chi connectivity index (χ0n) is 10.4. The van der Waals surface area contributed by atoms with Gasteiger partial charge in [-0.1, -0.05) is 25.1 Å². The summed E-state index contributed by atoms with van der Waals surface area (Å²) in [4.78, 5) is 11.4. The number of esters is 1. The van der Waals surface area contributed by atoms with E-state index in [9.17, 15) is 10.1 Å². The average molecular weight is 242 g/mol. The molecule has 92 valence electrons. The second kappa shape index (κ2) is 6.42. The van der Waals surface area contributed by atoms with Crippen molar-refractivity contribution in [3.05, 3.63) is 35.4 Å². The summed E-state index contributed by atoms with van der Waals surface area (Å²) < 4.78 is 4.64. The molecule has 2 atom stereocenters. The van der Waals surface area contributed by atoms with Gasteiger partial charge in [-0.2, -0.15) is 10.5 Å². The molecular weight excluding hydrogens is 228 g/mol. The fourth-order valence-corrected chi connectivity index (χ4v) is 1.80. The number of methoxy groups -OCH3 is 1. The Hall–Kier alpha value is -2.33. The van der Waals surface area contributed by atoms with E-state index in [1.165, 1.54) is 7.11 Å². The molecule has 0 aromatic heterocycles. The Bertz CT molecular complexity index is 511. The zero-order valence-corrected chi connectivity index (χ0v) is 10.4. The Kier molecular flexibility index (Phi) is 4.90. The standard InChI is InChI=1S/C14H14N2O2/c1-10(14(17)18-2)7-12(9-16)13-6-4-3-5-11(13)8-15/h3-6,10,12H,7H2,1-2H3. The van der Waals surface area contributed by atoms with Gasteiger partial charge in [-0.25, -0.2) is 0 Å². The van der Waals surface area contributed by atoms with Gasteiger partial charge in [0.25, 0.3) is 0 Å². The lowest BCUT2D eigenvalue weighted by molar-refractivity contribution is -0.145. The van der Waals surface area contributed by atoms with E-state index in [0.29, 0.717) is 17.5 Å². The second-order valence-corrected chi connectivity index (χ2v) is 4.04. The lowest BCUT2D eigenvalue weighted by Gasteiger charge is -2.14. The molecule has 4 heteroatoms. The average Bonchev–Trinajstić information content (AvgIpc) is 2.43. The van der Waals surface area contributed by atoms with E-state index in [1.54, 1.807) is 31.2 Å². The van der Waals surface area contributed by atoms with Gasteiger partial charge < -0.3 is 4.74 Å². The van der Waals surface area contributed by atoms with Crippen molar-refractivity contribution < 1.29 is 9.53 Å². The molecular formula is C14H14N2O2. The molecule has 0 saturated heterocycles. The van der Waals surface area contributed by atoms with E-state index in [4.69, 9.17) is 5.26 Å². The molecule has 0 bridgehead atoms. The Morgan fingerprint density at radius 2 is 2.06 bits per heavy atom. The largest absolute Gasteiger partial charge is 0.469 e. The molecule has 0 heterocycles. The fraction of sp³-hybridized carbons (Fsp3) is 0.357. The minimum absolute atomic E-state index is 0.343. The fourth-order valence-electron chi connectivity index (χ4n) is 1.80. The van der Waals surface area contributed by atoms with E-state index in [-0.39, 0.29) is 11.9 Å². The summed E-state index contributed by atoms with van der Waals surface area (Å²) in [5.74, 6) is -1.19. The predicted molar refractivity (Wildman–Crippen MR) is 65.3 cm³/mol. The maximum absolute atomic E-state index is 11.4. The first kappa shape index (κ1) is 13.7. The van der Waals surface area contributed by atoms with Crippen LogP contribution in [0.3, 0.4) is 0 Å². The van der Waals surface area contributed by atoms with Crippen LogP contribution in [0.4, 0.5) is 0 Å². The summed E-state index contributed by atoms with van der Waals surface area (Å²) in [6, 6.07) is 11.2. The van der Waals surface area contributed by atoms with Gasteiger partial charge in [0.15, 0.2) is 0 Å². The van der Waals surface area contributed by atoms with Crippen LogP contribution < -0.4 is 0 Å². The Labute approximate surface area is 106 Å². The lowest BCUT2D eigenvalue weighted by Crippen LogP contribution is -2.16. The molecule has 4 nitrogen and oxygen atoms in total. The van der Waals surface area contributed by atoms with Crippen LogP contribution in [0.2, 0.25) is 0 Å². The first-order valence-corrected chi connectivity index (χ1v) is 5.60. The molecule has 0 aliphatic rings. The number of carbonyl (C=O) groups is 1. The number of hydrogen-bond donors (Lipinski definition) is 0. The second-order valence-electron chi connectivity index (χ2n) is 4.04. The molecule has 0 radical (unpaired) electrons. The van der Waals surface area contributed by atoms with E-state index >= 15 is 0 Å². The van der Waals surface area contributed by atoms with Crippen LogP contribution in [0.1, 0.15) is 30.4 Å². The van der Waals surface area contributed by atoms with Crippen molar-refractivity contribution in [3.63, 3.8) is 0 Å². The Morgan fingerprint density at radius 3 is 2.61 bits per heavy atom. The zero-order chi connectivity index (χ0) is 13.5. The van der Waals surface area contributed by atoms with Crippen molar-refractivity contribution in [1.82, 2.24) is 0 Å². The highest BCUT2D eigenvalue weighted by Crippen LogP contribution is 2.26. The molecule has 0 amide bonds. The van der Waals surface area contributed by atoms with Crippen LogP contribution in [0.5, 0.6) is 0 Å². The Morgan fingerprint density at radius 1 is 1.39 bits per heavy atom. The van der Waals surface area contributed by atoms with Crippen molar-refractivity contribution in [3.8, 4) is 12.1 Å². The Balaban J connectivity index is 2.95. The molecule has 1 aromatic carbocycles. The highest BCUT2D eigenvalue weighted by Gasteiger charge is 2.22. The van der Waals surface area contributed by atoms with Crippen LogP contribution in [-0.2, 0) is 9.53 Å². The van der Waals surface area contributed by atoms with Gasteiger partial charge in [-0.3, -0.25) is 4.79 Å². The van der Waals surface area contributed by atoms with Gasteiger partial charge in [0.2, 0.25) is 0 Å². The number of nitrogens with zero attached hydrogens (tertiary/aromatic N) is 2. The van der Waals surface area contributed by atoms with Crippen molar-refractivity contribution >= 4 is 5.97 Å². The molecule has 0 saturated carbocycles. The molecule has 18 heavy (non-hydrogen) atoms. The summed E-state index contributed by atoms with van der Waals surface area (Å²) in [7, 11) is 1.32. The van der Waals surface area contributed by atoms with Crippen molar-refractivity contribution in [2.75, 3.05) is 7.11 Å². The van der Waals surface area contributed by atoms with Gasteiger partial charge in [0.1, 0.15) is 0 Å². The van der Waals surface area contributed by atoms with E-state index in [0.717, 1.165) is 0 Å². The number of nitriles is 2. The van der Waals surface area contributed by atoms with Crippen molar-refractivity contribution in [1.29, 1.82) is 10.5 Å². The number of carbonyl (C=O) groups excluding carboxylic acids is 1. The van der Waals surface area contributed by atoms with Crippen LogP contribution in [-0.4, -0.2) is 13.1 Å². The lowest BCUT2D eigenvalue weighted by atomic mass is 9.88. The van der Waals surface area contributed by atoms with Crippen LogP contribution >= 0.6 is 0 Å². The summed E-state index contributed by atoms with van der Waals surface area (Å²) in [6.45, 7) is 1.71. The topological polar surface area (TPSA) is 73.9 Å². The monoisotopic (exact) mass is 242 g/mol. The van der Waals surface area contributed by atoms with E-state index < -0.39 is 5.92 Å². The third-order valence-corrected chi connectivity index (χ3v) is 2.81. The van der Waals surface area contributed by atoms with Crippen LogP contribution in [0, 0.1) is 28.6 Å². The molecule has 0 fully saturated rings. The summed E-state index contributed by atoms with van der Waals surface area (Å²) >= 11 is 0. The van der Waals surface area contributed by atoms with Gasteiger partial charge in [0, 0.05) is 0 Å². The normalized spacial score (nSPS) is 12.9. The predicted octanol–water partition coefficient (Wildman–Crippen LogP) is 2.36. The highest BCUT2D eigenvalue weighted by atomic mass is 16.5. The first-order chi connectivity index (χ1) is 8.63. The van der Waals surface area contributed by atoms with E-state index in [2.05, 4.69) is 16.9 Å². The molecule has 0 N–H and O–H groups in total.